The van der Waals surface area contributed by atoms with Gasteiger partial charge in [-0.2, -0.15) is 13.2 Å². The number of hydrogen-bond donors (Lipinski definition) is 4. The molecule has 1 saturated carbocycles. The first-order valence-corrected chi connectivity index (χ1v) is 6.16. The molecule has 0 saturated heterocycles. The molecule has 0 spiro atoms. The van der Waals surface area contributed by atoms with E-state index in [0.717, 1.165) is 0 Å². The second-order valence-corrected chi connectivity index (χ2v) is 5.24. The number of hydrogen-bond acceptors (Lipinski definition) is 5. The van der Waals surface area contributed by atoms with Crippen LogP contribution in [0.25, 0.3) is 0 Å². The summed E-state index contributed by atoms with van der Waals surface area (Å²) in [5.74, 6) is -4.01. The molecular formula is C11H11F5N2O5. The molecule has 0 aliphatic heterocycles. The zero-order valence-corrected chi connectivity index (χ0v) is 11.1. The van der Waals surface area contributed by atoms with Crippen molar-refractivity contribution in [2.75, 3.05) is 6.61 Å². The Hall–Kier alpha value is -1.79. The molecule has 2 rings (SSSR count). The lowest BCUT2D eigenvalue weighted by atomic mass is 9.95. The molecule has 12 heteroatoms. The predicted molar refractivity (Wildman–Crippen MR) is 63.0 cm³/mol. The second kappa shape index (κ2) is 5.11. The standard InChI is InChI=1S/C11H11F5N2O5/c12-10(13)1-5(20)9(23,3-19)7(10)18-2-4(11(14,15)16)6(21)17-8(18)22/h2,5,7,19-20,23H,1,3H2,(H,17,21,22). The van der Waals surface area contributed by atoms with Gasteiger partial charge in [0.15, 0.2) is 0 Å². The number of rotatable bonds is 2. The van der Waals surface area contributed by atoms with Crippen molar-refractivity contribution in [1.29, 1.82) is 0 Å². The number of alkyl halides is 5. The lowest BCUT2D eigenvalue weighted by Gasteiger charge is -2.33. The van der Waals surface area contributed by atoms with Crippen LogP contribution in [0.3, 0.4) is 0 Å². The topological polar surface area (TPSA) is 116 Å². The van der Waals surface area contributed by atoms with Crippen LogP contribution >= 0.6 is 0 Å². The highest BCUT2D eigenvalue weighted by atomic mass is 19.4. The fraction of sp³-hybridized carbons (Fsp3) is 0.636. The van der Waals surface area contributed by atoms with Gasteiger partial charge in [-0.3, -0.25) is 14.3 Å². The van der Waals surface area contributed by atoms with Crippen molar-refractivity contribution in [2.24, 2.45) is 0 Å². The summed E-state index contributed by atoms with van der Waals surface area (Å²) in [5.41, 5.74) is -8.38. The van der Waals surface area contributed by atoms with Crippen LogP contribution in [-0.4, -0.2) is 49.1 Å². The van der Waals surface area contributed by atoms with E-state index in [0.29, 0.717) is 0 Å². The average Bonchev–Trinajstić information content (AvgIpc) is 2.56. The molecule has 3 unspecified atom stereocenters. The van der Waals surface area contributed by atoms with Crippen LogP contribution in [0.1, 0.15) is 18.0 Å². The fourth-order valence-corrected chi connectivity index (χ4v) is 2.61. The first kappa shape index (κ1) is 17.6. The van der Waals surface area contributed by atoms with E-state index in [1.165, 1.54) is 4.98 Å². The molecule has 1 heterocycles. The summed E-state index contributed by atoms with van der Waals surface area (Å²) in [6.45, 7) is -1.44. The third-order valence-electron chi connectivity index (χ3n) is 3.72. The van der Waals surface area contributed by atoms with Gasteiger partial charge in [-0.15, -0.1) is 0 Å². The molecule has 23 heavy (non-hydrogen) atoms. The first-order chi connectivity index (χ1) is 10.3. The van der Waals surface area contributed by atoms with E-state index in [1.807, 2.05) is 0 Å². The van der Waals surface area contributed by atoms with E-state index in [-0.39, 0.29) is 10.8 Å². The molecule has 130 valence electrons. The van der Waals surface area contributed by atoms with Gasteiger partial charge in [-0.1, -0.05) is 0 Å². The Kier molecular flexibility index (Phi) is 3.90. The molecule has 1 aliphatic rings. The maximum atomic E-state index is 14.0. The number of aromatic amines is 1. The van der Waals surface area contributed by atoms with E-state index >= 15 is 0 Å². The quantitative estimate of drug-likeness (QED) is 0.525. The van der Waals surface area contributed by atoms with Gasteiger partial charge in [-0.05, 0) is 0 Å². The van der Waals surface area contributed by atoms with Crippen molar-refractivity contribution >= 4 is 0 Å². The van der Waals surface area contributed by atoms with Gasteiger partial charge in [0, 0.05) is 12.6 Å². The molecule has 1 fully saturated rings. The molecule has 1 aromatic rings. The van der Waals surface area contributed by atoms with Gasteiger partial charge >= 0.3 is 11.9 Å². The monoisotopic (exact) mass is 346 g/mol. The maximum Gasteiger partial charge on any atom is 0.423 e. The molecule has 7 nitrogen and oxygen atoms in total. The van der Waals surface area contributed by atoms with Crippen LogP contribution < -0.4 is 11.2 Å². The summed E-state index contributed by atoms with van der Waals surface area (Å²) in [6, 6.07) is -2.69. The SMILES string of the molecule is O=c1[nH]c(=O)n(C2C(F)(F)CC(O)C2(O)CO)cc1C(F)(F)F. The van der Waals surface area contributed by atoms with Crippen molar-refractivity contribution in [1.82, 2.24) is 9.55 Å². The van der Waals surface area contributed by atoms with Crippen LogP contribution in [0.5, 0.6) is 0 Å². The van der Waals surface area contributed by atoms with Gasteiger partial charge in [0.25, 0.3) is 11.5 Å². The summed E-state index contributed by atoms with van der Waals surface area (Å²) in [7, 11) is 0. The summed E-state index contributed by atoms with van der Waals surface area (Å²) < 4.78 is 65.8. The highest BCUT2D eigenvalue weighted by Gasteiger charge is 2.65. The minimum Gasteiger partial charge on any atom is -0.393 e. The van der Waals surface area contributed by atoms with E-state index in [9.17, 15) is 41.8 Å². The second-order valence-electron chi connectivity index (χ2n) is 5.24. The maximum absolute atomic E-state index is 14.0. The molecule has 1 aromatic heterocycles. The van der Waals surface area contributed by atoms with Gasteiger partial charge in [-0.25, -0.2) is 13.6 Å². The van der Waals surface area contributed by atoms with E-state index in [1.54, 1.807) is 0 Å². The Morgan fingerprint density at radius 2 is 1.91 bits per heavy atom. The zero-order chi connectivity index (χ0) is 17.8. The van der Waals surface area contributed by atoms with Crippen molar-refractivity contribution in [3.8, 4) is 0 Å². The van der Waals surface area contributed by atoms with Crippen LogP contribution in [0.4, 0.5) is 22.0 Å². The van der Waals surface area contributed by atoms with E-state index in [4.69, 9.17) is 5.11 Å². The number of H-pyrrole nitrogens is 1. The fourth-order valence-electron chi connectivity index (χ4n) is 2.61. The summed E-state index contributed by atoms with van der Waals surface area (Å²) in [6.07, 6.45) is -8.99. The Balaban J connectivity index is 2.74. The lowest BCUT2D eigenvalue weighted by Crippen LogP contribution is -2.53. The highest BCUT2D eigenvalue weighted by Crippen LogP contribution is 2.49. The normalized spacial score (nSPS) is 30.6. The largest absolute Gasteiger partial charge is 0.423 e. The van der Waals surface area contributed by atoms with Gasteiger partial charge < -0.3 is 15.3 Å². The number of halogens is 5. The summed E-state index contributed by atoms with van der Waals surface area (Å²) in [5, 5.41) is 28.6. The Labute approximate surface area is 123 Å². The summed E-state index contributed by atoms with van der Waals surface area (Å²) in [4.78, 5) is 24.0. The molecular weight excluding hydrogens is 335 g/mol. The molecule has 0 amide bonds. The van der Waals surface area contributed by atoms with Crippen LogP contribution in [0, 0.1) is 0 Å². The molecule has 3 atom stereocenters. The Bertz CT molecular complexity index is 727. The minimum atomic E-state index is -5.24. The van der Waals surface area contributed by atoms with Crippen molar-refractivity contribution < 1.29 is 37.3 Å². The lowest BCUT2D eigenvalue weighted by molar-refractivity contribution is -0.143. The minimum absolute atomic E-state index is 0.168. The van der Waals surface area contributed by atoms with E-state index in [2.05, 4.69) is 0 Å². The Morgan fingerprint density at radius 3 is 2.39 bits per heavy atom. The smallest absolute Gasteiger partial charge is 0.393 e. The number of nitrogens with zero attached hydrogens (tertiary/aromatic N) is 1. The third kappa shape index (κ3) is 2.66. The molecule has 0 radical (unpaired) electrons. The van der Waals surface area contributed by atoms with Gasteiger partial charge in [0.2, 0.25) is 0 Å². The van der Waals surface area contributed by atoms with Crippen LogP contribution in [-0.2, 0) is 6.18 Å². The van der Waals surface area contributed by atoms with Crippen molar-refractivity contribution in [2.45, 2.75) is 36.3 Å². The molecule has 0 aromatic carbocycles. The molecule has 0 bridgehead atoms. The number of aliphatic hydroxyl groups excluding tert-OH is 2. The molecule has 1 aliphatic carbocycles. The third-order valence-corrected chi connectivity index (χ3v) is 3.72. The number of nitrogens with one attached hydrogen (secondary N) is 1. The highest BCUT2D eigenvalue weighted by molar-refractivity contribution is 5.15. The van der Waals surface area contributed by atoms with Crippen molar-refractivity contribution in [3.05, 3.63) is 32.6 Å². The summed E-state index contributed by atoms with van der Waals surface area (Å²) >= 11 is 0. The average molecular weight is 346 g/mol. The van der Waals surface area contributed by atoms with Crippen molar-refractivity contribution in [3.63, 3.8) is 0 Å². The Morgan fingerprint density at radius 1 is 1.35 bits per heavy atom. The van der Waals surface area contributed by atoms with Crippen LogP contribution in [0.15, 0.2) is 15.8 Å². The predicted octanol–water partition coefficient (Wildman–Crippen LogP) is -0.780. The zero-order valence-electron chi connectivity index (χ0n) is 11.1. The first-order valence-electron chi connectivity index (χ1n) is 6.16. The van der Waals surface area contributed by atoms with Gasteiger partial charge in [0.05, 0.1) is 12.7 Å². The van der Waals surface area contributed by atoms with Crippen LogP contribution in [0.2, 0.25) is 0 Å². The van der Waals surface area contributed by atoms with Gasteiger partial charge in [0.1, 0.15) is 17.2 Å². The number of aliphatic hydroxyl groups is 3. The number of aromatic nitrogens is 2. The molecule has 4 N–H and O–H groups in total. The van der Waals surface area contributed by atoms with E-state index < -0.39 is 59.7 Å².